The van der Waals surface area contributed by atoms with Gasteiger partial charge in [0.25, 0.3) is 5.56 Å². The van der Waals surface area contributed by atoms with Crippen LogP contribution in [-0.2, 0) is 18.6 Å². The molecule has 2 aromatic carbocycles. The minimum atomic E-state index is -4.16. The number of nitrogens with one attached hydrogen (secondary N) is 2. The van der Waals surface area contributed by atoms with Gasteiger partial charge in [0, 0.05) is 23.9 Å². The van der Waals surface area contributed by atoms with E-state index in [0.29, 0.717) is 0 Å². The molecule has 1 aliphatic rings. The van der Waals surface area contributed by atoms with Crippen molar-refractivity contribution in [1.29, 1.82) is 0 Å². The maximum Gasteiger partial charge on any atom is 0.459 e. The number of para-hydroxylation sites is 1. The van der Waals surface area contributed by atoms with Gasteiger partial charge in [0.1, 0.15) is 5.75 Å². The molecule has 4 rings (SSSR count). The maximum absolute atomic E-state index is 16.6. The van der Waals surface area contributed by atoms with Crippen LogP contribution in [-0.4, -0.2) is 45.5 Å². The van der Waals surface area contributed by atoms with Gasteiger partial charge in [-0.25, -0.2) is 18.8 Å². The summed E-state index contributed by atoms with van der Waals surface area (Å²) < 4.78 is 48.7. The Labute approximate surface area is 241 Å². The van der Waals surface area contributed by atoms with Crippen molar-refractivity contribution in [3.63, 3.8) is 0 Å². The summed E-state index contributed by atoms with van der Waals surface area (Å²) in [5.74, 6) is -3.62. The van der Waals surface area contributed by atoms with E-state index in [4.69, 9.17) is 13.8 Å². The standard InChI is InChI=1S/C29H33FN3O8P/c1-18(2)19(3)32-42(38,41-21-13-9-6-10-14-21)39-17-22-24(26(36)25(35)20-11-7-5-8-12-20)29(4,30)27(40-22)33-16-15-23(34)31-28(33)37/h5-16,18-19,22,24,27H,17H2,1-4H3,(H,32,38)(H,31,34,37)/t19-,22+,24-,27+,29+,42?/m0/s1. The zero-order valence-electron chi connectivity index (χ0n) is 23.6. The van der Waals surface area contributed by atoms with Crippen molar-refractivity contribution >= 4 is 19.3 Å². The zero-order chi connectivity index (χ0) is 30.7. The van der Waals surface area contributed by atoms with Gasteiger partial charge < -0.3 is 9.26 Å². The number of Topliss-reactive ketones (excluding diaryl/α,β-unsaturated/α-hetero) is 2. The number of hydrogen-bond donors (Lipinski definition) is 2. The third-order valence-electron chi connectivity index (χ3n) is 7.15. The first kappa shape index (κ1) is 31.2. The molecule has 13 heteroatoms. The Morgan fingerprint density at radius 2 is 1.69 bits per heavy atom. The normalized spacial score (nSPS) is 24.2. The molecule has 1 fully saturated rings. The van der Waals surface area contributed by atoms with Crippen molar-refractivity contribution in [2.45, 2.75) is 51.7 Å². The number of rotatable bonds is 12. The molecule has 2 N–H and O–H groups in total. The summed E-state index contributed by atoms with van der Waals surface area (Å²) in [6, 6.07) is 16.5. The topological polar surface area (TPSA) is 146 Å². The van der Waals surface area contributed by atoms with E-state index in [1.54, 1.807) is 55.5 Å². The third kappa shape index (κ3) is 6.84. The number of hydrogen-bond acceptors (Lipinski definition) is 8. The van der Waals surface area contributed by atoms with Crippen molar-refractivity contribution in [2.24, 2.45) is 11.8 Å². The molecule has 6 atom stereocenters. The number of ether oxygens (including phenoxy) is 1. The Morgan fingerprint density at radius 1 is 1.07 bits per heavy atom. The van der Waals surface area contributed by atoms with E-state index in [0.717, 1.165) is 23.8 Å². The number of halogens is 1. The van der Waals surface area contributed by atoms with Crippen molar-refractivity contribution in [1.82, 2.24) is 14.6 Å². The monoisotopic (exact) mass is 601 g/mol. The molecule has 1 saturated heterocycles. The minimum Gasteiger partial charge on any atom is -0.413 e. The first-order valence-electron chi connectivity index (χ1n) is 13.4. The fourth-order valence-electron chi connectivity index (χ4n) is 4.56. The quantitative estimate of drug-likeness (QED) is 0.178. The minimum absolute atomic E-state index is 0.0208. The Hall–Kier alpha value is -3.70. The highest BCUT2D eigenvalue weighted by Gasteiger charge is 2.60. The van der Waals surface area contributed by atoms with Gasteiger partial charge in [0.2, 0.25) is 11.6 Å². The third-order valence-corrected chi connectivity index (χ3v) is 8.82. The summed E-state index contributed by atoms with van der Waals surface area (Å²) in [5.41, 5.74) is -4.30. The molecule has 1 aromatic heterocycles. The lowest BCUT2D eigenvalue weighted by Crippen LogP contribution is -2.46. The van der Waals surface area contributed by atoms with E-state index in [9.17, 15) is 23.7 Å². The van der Waals surface area contributed by atoms with E-state index in [1.165, 1.54) is 12.1 Å². The van der Waals surface area contributed by atoms with Crippen molar-refractivity contribution in [2.75, 3.05) is 6.61 Å². The van der Waals surface area contributed by atoms with Crippen LogP contribution in [0.2, 0.25) is 0 Å². The number of ketones is 2. The Kier molecular flexibility index (Phi) is 9.42. The number of nitrogens with zero attached hydrogens (tertiary/aromatic N) is 1. The second kappa shape index (κ2) is 12.7. The molecule has 1 unspecified atom stereocenters. The Morgan fingerprint density at radius 3 is 2.29 bits per heavy atom. The molecule has 0 bridgehead atoms. The molecule has 1 aliphatic heterocycles. The molecule has 3 aromatic rings. The highest BCUT2D eigenvalue weighted by molar-refractivity contribution is 7.52. The average molecular weight is 602 g/mol. The highest BCUT2D eigenvalue weighted by Crippen LogP contribution is 2.50. The number of H-pyrrole nitrogens is 1. The van der Waals surface area contributed by atoms with E-state index in [2.05, 4.69) is 5.09 Å². The van der Waals surface area contributed by atoms with Crippen LogP contribution in [0.1, 0.15) is 44.3 Å². The number of aromatic amines is 1. The summed E-state index contributed by atoms with van der Waals surface area (Å²) in [6.07, 6.45) is -2.18. The molecule has 0 aliphatic carbocycles. The van der Waals surface area contributed by atoms with Crippen LogP contribution in [0.4, 0.5) is 4.39 Å². The van der Waals surface area contributed by atoms with Crippen molar-refractivity contribution in [3.05, 3.63) is 99.3 Å². The van der Waals surface area contributed by atoms with Crippen LogP contribution in [0.15, 0.2) is 82.5 Å². The molecule has 2 heterocycles. The second-order valence-electron chi connectivity index (χ2n) is 10.6. The fraction of sp³-hybridized carbons (Fsp3) is 0.379. The van der Waals surface area contributed by atoms with Gasteiger partial charge in [0.05, 0.1) is 18.6 Å². The summed E-state index contributed by atoms with van der Waals surface area (Å²) in [4.78, 5) is 53.0. The van der Waals surface area contributed by atoms with Gasteiger partial charge in [-0.15, -0.1) is 0 Å². The van der Waals surface area contributed by atoms with E-state index < -0.39 is 61.1 Å². The number of benzene rings is 2. The van der Waals surface area contributed by atoms with Crippen LogP contribution in [0.3, 0.4) is 0 Å². The predicted molar refractivity (Wildman–Crippen MR) is 152 cm³/mol. The van der Waals surface area contributed by atoms with Gasteiger partial charge >= 0.3 is 13.4 Å². The maximum atomic E-state index is 16.6. The second-order valence-corrected chi connectivity index (χ2v) is 12.3. The van der Waals surface area contributed by atoms with E-state index in [-0.39, 0.29) is 23.3 Å². The molecule has 0 radical (unpaired) electrons. The van der Waals surface area contributed by atoms with E-state index >= 15 is 4.39 Å². The lowest BCUT2D eigenvalue weighted by Gasteiger charge is -2.28. The SMILES string of the molecule is CC(C)[C@H](C)NP(=O)(OC[C@H]1O[C@@H](n2ccc(=O)[nH]c2=O)[C@](C)(F)[C@@H]1C(=O)C(=O)c1ccccc1)Oc1ccccc1. The molecule has 224 valence electrons. The number of aromatic nitrogens is 2. The lowest BCUT2D eigenvalue weighted by atomic mass is 9.82. The first-order chi connectivity index (χ1) is 19.8. The van der Waals surface area contributed by atoms with Gasteiger partial charge in [0.15, 0.2) is 11.9 Å². The Balaban J connectivity index is 1.70. The molecule has 42 heavy (non-hydrogen) atoms. The Bertz CT molecular complexity index is 1570. The molecular formula is C29H33FN3O8P. The molecular weight excluding hydrogens is 568 g/mol. The number of alkyl halides is 1. The fourth-order valence-corrected chi connectivity index (χ4v) is 6.28. The van der Waals surface area contributed by atoms with Gasteiger partial charge in [-0.2, -0.15) is 0 Å². The molecule has 0 saturated carbocycles. The summed E-state index contributed by atoms with van der Waals surface area (Å²) in [5, 5.41) is 2.85. The zero-order valence-corrected chi connectivity index (χ0v) is 24.5. The van der Waals surface area contributed by atoms with Crippen LogP contribution in [0, 0.1) is 11.8 Å². The highest BCUT2D eigenvalue weighted by atomic mass is 31.2. The molecule has 0 amide bonds. The van der Waals surface area contributed by atoms with Crippen LogP contribution < -0.4 is 20.9 Å². The van der Waals surface area contributed by atoms with Gasteiger partial charge in [-0.3, -0.25) is 28.5 Å². The summed E-state index contributed by atoms with van der Waals surface area (Å²) >= 11 is 0. The van der Waals surface area contributed by atoms with Crippen LogP contribution >= 0.6 is 7.75 Å². The van der Waals surface area contributed by atoms with Crippen molar-refractivity contribution < 1.29 is 32.3 Å². The van der Waals surface area contributed by atoms with Gasteiger partial charge in [-0.1, -0.05) is 62.4 Å². The first-order valence-corrected chi connectivity index (χ1v) is 14.9. The number of carbonyl (C=O) groups is 2. The van der Waals surface area contributed by atoms with E-state index in [1.807, 2.05) is 18.8 Å². The molecule has 11 nitrogen and oxygen atoms in total. The van der Waals surface area contributed by atoms with Crippen LogP contribution in [0.5, 0.6) is 5.75 Å². The summed E-state index contributed by atoms with van der Waals surface area (Å²) in [6.45, 7) is 5.96. The van der Waals surface area contributed by atoms with Crippen LogP contribution in [0.25, 0.3) is 0 Å². The van der Waals surface area contributed by atoms with Crippen molar-refractivity contribution in [3.8, 4) is 5.75 Å². The summed E-state index contributed by atoms with van der Waals surface area (Å²) in [7, 11) is -4.16. The largest absolute Gasteiger partial charge is 0.459 e. The number of carbonyl (C=O) groups excluding carboxylic acids is 2. The lowest BCUT2D eigenvalue weighted by molar-refractivity contribution is -0.123. The van der Waals surface area contributed by atoms with Gasteiger partial charge in [-0.05, 0) is 31.9 Å². The predicted octanol–water partition coefficient (Wildman–Crippen LogP) is 4.07. The smallest absolute Gasteiger partial charge is 0.413 e. The molecule has 0 spiro atoms. The average Bonchev–Trinajstić information content (AvgIpc) is 3.21.